The highest BCUT2D eigenvalue weighted by Gasteiger charge is 2.25. The minimum absolute atomic E-state index is 0.0645. The molecule has 0 aromatic carbocycles. The first-order valence-electron chi connectivity index (χ1n) is 5.69. The number of rotatable bonds is 5. The van der Waals surface area contributed by atoms with Crippen LogP contribution in [0.4, 0.5) is 5.82 Å². The van der Waals surface area contributed by atoms with Crippen molar-refractivity contribution in [2.45, 2.75) is 25.8 Å². The largest absolute Gasteiger partial charge is 0.372 e. The summed E-state index contributed by atoms with van der Waals surface area (Å²) in [5.41, 5.74) is 4.84. The Morgan fingerprint density at radius 2 is 2.11 bits per heavy atom. The van der Waals surface area contributed by atoms with Crippen molar-refractivity contribution in [1.29, 1.82) is 0 Å². The third-order valence-corrected chi connectivity index (χ3v) is 2.84. The molecule has 1 rings (SSSR count). The second kappa shape index (κ2) is 6.01. The molecule has 0 fully saturated rings. The number of nitrogens with zero attached hydrogens (tertiary/aromatic N) is 1. The maximum Gasteiger partial charge on any atom is 0.255 e. The third-order valence-electron chi connectivity index (χ3n) is 2.40. The maximum atomic E-state index is 12.2. The summed E-state index contributed by atoms with van der Waals surface area (Å²) < 4.78 is 0.698. The molecule has 1 heterocycles. The van der Waals surface area contributed by atoms with Crippen molar-refractivity contribution < 1.29 is 9.59 Å². The zero-order chi connectivity index (χ0) is 14.6. The molecule has 0 radical (unpaired) electrons. The fourth-order valence-electron chi connectivity index (χ4n) is 1.67. The Labute approximate surface area is 120 Å². The molecule has 0 saturated heterocycles. The number of pyridine rings is 1. The molecule has 2 amide bonds. The van der Waals surface area contributed by atoms with E-state index in [0.29, 0.717) is 15.9 Å². The first kappa shape index (κ1) is 15.4. The Bertz CT molecular complexity index is 503. The number of halogens is 1. The van der Waals surface area contributed by atoms with Crippen molar-refractivity contribution in [2.24, 2.45) is 5.73 Å². The standard InChI is InChI=1S/C12H17BrN4O2/c1-12(2,5-9(14)18)17-11(19)8-4-7(13)6-16-10(8)15-3/h4,6H,5H2,1-3H3,(H2,14,18)(H,15,16)(H,17,19). The van der Waals surface area contributed by atoms with Gasteiger partial charge in [0.15, 0.2) is 0 Å². The molecule has 4 N–H and O–H groups in total. The molecule has 0 atom stereocenters. The number of nitrogens with one attached hydrogen (secondary N) is 2. The summed E-state index contributed by atoms with van der Waals surface area (Å²) in [5.74, 6) is -0.313. The van der Waals surface area contributed by atoms with Crippen molar-refractivity contribution in [3.05, 3.63) is 22.3 Å². The van der Waals surface area contributed by atoms with Gasteiger partial charge in [-0.15, -0.1) is 0 Å². The van der Waals surface area contributed by atoms with Crippen LogP contribution < -0.4 is 16.4 Å². The van der Waals surface area contributed by atoms with Gasteiger partial charge < -0.3 is 16.4 Å². The normalized spacial score (nSPS) is 10.9. The number of amides is 2. The minimum Gasteiger partial charge on any atom is -0.372 e. The lowest BCUT2D eigenvalue weighted by molar-refractivity contribution is -0.119. The van der Waals surface area contributed by atoms with Gasteiger partial charge >= 0.3 is 0 Å². The Hall–Kier alpha value is -1.63. The highest BCUT2D eigenvalue weighted by atomic mass is 79.9. The first-order chi connectivity index (χ1) is 8.75. The monoisotopic (exact) mass is 328 g/mol. The van der Waals surface area contributed by atoms with E-state index in [-0.39, 0.29) is 12.3 Å². The van der Waals surface area contributed by atoms with Crippen LogP contribution >= 0.6 is 15.9 Å². The van der Waals surface area contributed by atoms with Crippen LogP contribution in [-0.2, 0) is 4.79 Å². The topological polar surface area (TPSA) is 97.1 Å². The van der Waals surface area contributed by atoms with Crippen LogP contribution in [0.5, 0.6) is 0 Å². The predicted molar refractivity (Wildman–Crippen MR) is 76.8 cm³/mol. The minimum atomic E-state index is -0.712. The van der Waals surface area contributed by atoms with Gasteiger partial charge in [0.05, 0.1) is 5.56 Å². The molecule has 0 aliphatic carbocycles. The van der Waals surface area contributed by atoms with Gasteiger partial charge in [0.25, 0.3) is 5.91 Å². The molecule has 0 aliphatic heterocycles. The van der Waals surface area contributed by atoms with E-state index in [4.69, 9.17) is 5.73 Å². The van der Waals surface area contributed by atoms with Crippen LogP contribution in [0.3, 0.4) is 0 Å². The summed E-state index contributed by atoms with van der Waals surface area (Å²) in [6, 6.07) is 1.66. The fraction of sp³-hybridized carbons (Fsp3) is 0.417. The SMILES string of the molecule is CNc1ncc(Br)cc1C(=O)NC(C)(C)CC(N)=O. The van der Waals surface area contributed by atoms with Gasteiger partial charge in [0.1, 0.15) is 5.82 Å². The number of aromatic nitrogens is 1. The highest BCUT2D eigenvalue weighted by molar-refractivity contribution is 9.10. The van der Waals surface area contributed by atoms with E-state index in [9.17, 15) is 9.59 Å². The van der Waals surface area contributed by atoms with E-state index >= 15 is 0 Å². The van der Waals surface area contributed by atoms with Gasteiger partial charge in [-0.1, -0.05) is 0 Å². The van der Waals surface area contributed by atoms with E-state index in [1.54, 1.807) is 33.2 Å². The molecule has 6 nitrogen and oxygen atoms in total. The smallest absolute Gasteiger partial charge is 0.255 e. The number of carbonyl (C=O) groups excluding carboxylic acids is 2. The first-order valence-corrected chi connectivity index (χ1v) is 6.48. The average Bonchev–Trinajstić information content (AvgIpc) is 2.26. The lowest BCUT2D eigenvalue weighted by Crippen LogP contribution is -2.46. The number of primary amides is 1. The lowest BCUT2D eigenvalue weighted by Gasteiger charge is -2.25. The molecule has 0 bridgehead atoms. The fourth-order valence-corrected chi connectivity index (χ4v) is 2.00. The third kappa shape index (κ3) is 4.51. The molecule has 19 heavy (non-hydrogen) atoms. The average molecular weight is 329 g/mol. The van der Waals surface area contributed by atoms with Crippen molar-refractivity contribution >= 4 is 33.6 Å². The van der Waals surface area contributed by atoms with Crippen LogP contribution in [-0.4, -0.2) is 29.4 Å². The van der Waals surface area contributed by atoms with E-state index in [1.165, 1.54) is 0 Å². The number of nitrogens with two attached hydrogens (primary N) is 1. The van der Waals surface area contributed by atoms with Crippen LogP contribution in [0.2, 0.25) is 0 Å². The number of anilines is 1. The van der Waals surface area contributed by atoms with E-state index in [0.717, 1.165) is 0 Å². The Morgan fingerprint density at radius 1 is 1.47 bits per heavy atom. The molecule has 7 heteroatoms. The second-order valence-electron chi connectivity index (χ2n) is 4.78. The molecule has 0 saturated carbocycles. The summed E-state index contributed by atoms with van der Waals surface area (Å²) >= 11 is 3.27. The van der Waals surface area contributed by atoms with Crippen LogP contribution in [0.1, 0.15) is 30.6 Å². The van der Waals surface area contributed by atoms with Gasteiger partial charge in [0, 0.05) is 29.7 Å². The number of hydrogen-bond acceptors (Lipinski definition) is 4. The van der Waals surface area contributed by atoms with Gasteiger partial charge in [-0.25, -0.2) is 4.98 Å². The van der Waals surface area contributed by atoms with Crippen LogP contribution in [0, 0.1) is 0 Å². The molecule has 1 aromatic rings. The Balaban J connectivity index is 2.95. The van der Waals surface area contributed by atoms with Crippen LogP contribution in [0.25, 0.3) is 0 Å². The number of carbonyl (C=O) groups is 2. The molecule has 0 aliphatic rings. The Kier molecular flexibility index (Phi) is 4.88. The van der Waals surface area contributed by atoms with E-state index in [1.807, 2.05) is 0 Å². The summed E-state index contributed by atoms with van der Waals surface area (Å²) in [6.45, 7) is 3.47. The second-order valence-corrected chi connectivity index (χ2v) is 5.70. The highest BCUT2D eigenvalue weighted by Crippen LogP contribution is 2.19. The van der Waals surface area contributed by atoms with Crippen molar-refractivity contribution in [2.75, 3.05) is 12.4 Å². The molecule has 0 unspecified atom stereocenters. The number of hydrogen-bond donors (Lipinski definition) is 3. The van der Waals surface area contributed by atoms with Crippen molar-refractivity contribution in [3.8, 4) is 0 Å². The van der Waals surface area contributed by atoms with Crippen LogP contribution in [0.15, 0.2) is 16.7 Å². The predicted octanol–water partition coefficient (Wildman–Crippen LogP) is 1.27. The molecule has 104 valence electrons. The summed E-state index contributed by atoms with van der Waals surface area (Å²) in [4.78, 5) is 27.3. The molecular formula is C12H17BrN4O2. The lowest BCUT2D eigenvalue weighted by atomic mass is 9.99. The summed E-state index contributed by atoms with van der Waals surface area (Å²) in [6.07, 6.45) is 1.66. The zero-order valence-corrected chi connectivity index (χ0v) is 12.7. The summed E-state index contributed by atoms with van der Waals surface area (Å²) in [7, 11) is 1.68. The maximum absolute atomic E-state index is 12.2. The molecule has 1 aromatic heterocycles. The van der Waals surface area contributed by atoms with Gasteiger partial charge in [0.2, 0.25) is 5.91 Å². The molecular weight excluding hydrogens is 312 g/mol. The zero-order valence-electron chi connectivity index (χ0n) is 11.1. The van der Waals surface area contributed by atoms with Gasteiger partial charge in [-0.2, -0.15) is 0 Å². The van der Waals surface area contributed by atoms with Gasteiger partial charge in [-0.3, -0.25) is 9.59 Å². The van der Waals surface area contributed by atoms with Crippen molar-refractivity contribution in [1.82, 2.24) is 10.3 Å². The van der Waals surface area contributed by atoms with Crippen molar-refractivity contribution in [3.63, 3.8) is 0 Å². The summed E-state index contributed by atoms with van der Waals surface area (Å²) in [5, 5.41) is 5.61. The van der Waals surface area contributed by atoms with Gasteiger partial charge in [-0.05, 0) is 35.8 Å². The quantitative estimate of drug-likeness (QED) is 0.758. The molecule has 0 spiro atoms. The Morgan fingerprint density at radius 3 is 2.63 bits per heavy atom. The van der Waals surface area contributed by atoms with E-state index < -0.39 is 11.4 Å². The van der Waals surface area contributed by atoms with E-state index in [2.05, 4.69) is 31.5 Å².